The summed E-state index contributed by atoms with van der Waals surface area (Å²) in [5.74, 6) is -1.56. The lowest BCUT2D eigenvalue weighted by Crippen LogP contribution is -2.50. The second kappa shape index (κ2) is 37.8. The van der Waals surface area contributed by atoms with Crippen LogP contribution in [0.15, 0.2) is 36.5 Å². The Morgan fingerprint density at radius 2 is 0.865 bits per heavy atom. The molecule has 52 heavy (non-hydrogen) atoms. The van der Waals surface area contributed by atoms with Crippen molar-refractivity contribution in [1.29, 1.82) is 0 Å². The van der Waals surface area contributed by atoms with Gasteiger partial charge in [0.2, 0.25) is 5.91 Å². The number of amides is 1. The summed E-state index contributed by atoms with van der Waals surface area (Å²) >= 11 is 0. The molecule has 0 aliphatic heterocycles. The summed E-state index contributed by atoms with van der Waals surface area (Å²) in [7, 11) is -4.45. The molecule has 0 rings (SSSR count). The topological polar surface area (TPSA) is 124 Å². The second-order valence-corrected chi connectivity index (χ2v) is 16.6. The number of hydrogen-bond donors (Lipinski definition) is 4. The van der Waals surface area contributed by atoms with Gasteiger partial charge in [-0.2, -0.15) is 8.42 Å². The molecular formula is C44H83NO6S. The molecule has 0 aliphatic carbocycles. The summed E-state index contributed by atoms with van der Waals surface area (Å²) in [5.41, 5.74) is 0. The monoisotopic (exact) mass is 754 g/mol. The van der Waals surface area contributed by atoms with Crippen molar-refractivity contribution in [1.82, 2.24) is 5.32 Å². The first-order chi connectivity index (χ1) is 25.2. The largest absolute Gasteiger partial charge is 0.387 e. The highest BCUT2D eigenvalue weighted by atomic mass is 32.2. The van der Waals surface area contributed by atoms with Crippen LogP contribution in [0.5, 0.6) is 0 Å². The third-order valence-corrected chi connectivity index (χ3v) is 10.7. The Labute approximate surface area is 321 Å². The Bertz CT molecular complexity index is 979. The zero-order valence-corrected chi connectivity index (χ0v) is 34.6. The fourth-order valence-electron chi connectivity index (χ4n) is 6.55. The van der Waals surface area contributed by atoms with Crippen molar-refractivity contribution in [2.45, 2.75) is 231 Å². The van der Waals surface area contributed by atoms with Crippen molar-refractivity contribution in [2.24, 2.45) is 0 Å². The van der Waals surface area contributed by atoms with Crippen molar-refractivity contribution in [3.63, 3.8) is 0 Å². The van der Waals surface area contributed by atoms with Crippen molar-refractivity contribution >= 4 is 16.0 Å². The zero-order valence-electron chi connectivity index (χ0n) is 33.8. The number of carbonyl (C=O) groups excluding carboxylic acids is 1. The normalized spacial score (nSPS) is 14.2. The molecule has 7 nitrogen and oxygen atoms in total. The molecule has 4 N–H and O–H groups in total. The molecule has 0 fully saturated rings. The molecule has 3 atom stereocenters. The average molecular weight is 754 g/mol. The van der Waals surface area contributed by atoms with Gasteiger partial charge < -0.3 is 15.5 Å². The lowest BCUT2D eigenvalue weighted by Gasteiger charge is -2.22. The zero-order chi connectivity index (χ0) is 38.4. The summed E-state index contributed by atoms with van der Waals surface area (Å²) in [6.07, 6.45) is 46.3. The number of rotatable bonds is 39. The van der Waals surface area contributed by atoms with E-state index in [1.807, 2.05) is 0 Å². The molecule has 0 spiro atoms. The maximum Gasteiger partial charge on any atom is 0.267 e. The molecule has 0 saturated carbocycles. The molecule has 1 amide bonds. The van der Waals surface area contributed by atoms with E-state index in [0.717, 1.165) is 44.9 Å². The standard InChI is InChI=1S/C44H83NO6S/c1-3-5-7-9-11-13-15-17-19-21-23-25-27-29-31-33-35-37-39-43(47)44(48)45-41(40-52(49,50)51)42(46)38-36-34-32-30-28-26-24-22-20-18-16-14-12-10-8-6-4-2/h20,22,28,30,36,38,41-43,46-47H,3-19,21,23-27,29,31-35,37,39-40H2,1-2H3,(H,45,48)(H,49,50,51)/b22-20+,30-28+,38-36+. The molecule has 0 aromatic rings. The minimum Gasteiger partial charge on any atom is -0.387 e. The van der Waals surface area contributed by atoms with E-state index in [1.54, 1.807) is 6.08 Å². The highest BCUT2D eigenvalue weighted by Crippen LogP contribution is 2.15. The van der Waals surface area contributed by atoms with Crippen LogP contribution in [0.4, 0.5) is 0 Å². The fraction of sp³-hybridized carbons (Fsp3) is 0.841. The third kappa shape index (κ3) is 36.9. The first kappa shape index (κ1) is 50.5. The van der Waals surface area contributed by atoms with Gasteiger partial charge in [-0.25, -0.2) is 0 Å². The Hall–Kier alpha value is -1.48. The molecule has 0 aliphatic rings. The summed E-state index contributed by atoms with van der Waals surface area (Å²) < 4.78 is 32.5. The van der Waals surface area contributed by atoms with E-state index in [4.69, 9.17) is 0 Å². The van der Waals surface area contributed by atoms with Crippen molar-refractivity contribution in [2.75, 3.05) is 5.75 Å². The van der Waals surface area contributed by atoms with Crippen LogP contribution in [0, 0.1) is 0 Å². The number of allylic oxidation sites excluding steroid dienone is 5. The van der Waals surface area contributed by atoms with Crippen molar-refractivity contribution < 1.29 is 28.0 Å². The maximum absolute atomic E-state index is 12.6. The minimum atomic E-state index is -4.45. The first-order valence-electron chi connectivity index (χ1n) is 21.8. The predicted molar refractivity (Wildman–Crippen MR) is 222 cm³/mol. The van der Waals surface area contributed by atoms with Crippen LogP contribution >= 0.6 is 0 Å². The molecule has 0 radical (unpaired) electrons. The Morgan fingerprint density at radius 1 is 0.519 bits per heavy atom. The quantitative estimate of drug-likeness (QED) is 0.0281. The second-order valence-electron chi connectivity index (χ2n) is 15.1. The van der Waals surface area contributed by atoms with Gasteiger partial charge in [0.25, 0.3) is 10.1 Å². The minimum absolute atomic E-state index is 0.274. The highest BCUT2D eigenvalue weighted by Gasteiger charge is 2.27. The van der Waals surface area contributed by atoms with Gasteiger partial charge in [0.1, 0.15) is 6.10 Å². The maximum atomic E-state index is 12.6. The van der Waals surface area contributed by atoms with E-state index in [1.165, 1.54) is 141 Å². The van der Waals surface area contributed by atoms with Gasteiger partial charge in [-0.05, 0) is 44.9 Å². The number of aliphatic hydroxyl groups is 2. The van der Waals surface area contributed by atoms with Crippen LogP contribution in [0.25, 0.3) is 0 Å². The van der Waals surface area contributed by atoms with E-state index < -0.39 is 40.0 Å². The summed E-state index contributed by atoms with van der Waals surface area (Å²) in [6.45, 7) is 4.51. The number of nitrogens with one attached hydrogen (secondary N) is 1. The van der Waals surface area contributed by atoms with Gasteiger partial charge in [0.15, 0.2) is 0 Å². The van der Waals surface area contributed by atoms with E-state index in [2.05, 4.69) is 43.5 Å². The fourth-order valence-corrected chi connectivity index (χ4v) is 7.28. The number of aliphatic hydroxyl groups excluding tert-OH is 2. The molecule has 0 aromatic heterocycles. The molecule has 8 heteroatoms. The van der Waals surface area contributed by atoms with Gasteiger partial charge in [0, 0.05) is 0 Å². The van der Waals surface area contributed by atoms with Crippen molar-refractivity contribution in [3.05, 3.63) is 36.5 Å². The summed E-state index contributed by atoms with van der Waals surface area (Å²) in [6, 6.07) is -1.25. The van der Waals surface area contributed by atoms with Crippen LogP contribution in [-0.2, 0) is 14.9 Å². The Morgan fingerprint density at radius 3 is 1.27 bits per heavy atom. The molecule has 3 unspecified atom stereocenters. The Balaban J connectivity index is 4.05. The van der Waals surface area contributed by atoms with Gasteiger partial charge in [-0.1, -0.05) is 204 Å². The van der Waals surface area contributed by atoms with Crippen LogP contribution in [0.3, 0.4) is 0 Å². The SMILES string of the molecule is CCCCCCCCC/C=C/CC/C=C/CC/C=C/C(O)C(CS(=O)(=O)O)NC(=O)C(O)CCCCCCCCCCCCCCCCCCCC. The molecule has 0 saturated heterocycles. The first-order valence-corrected chi connectivity index (χ1v) is 23.4. The van der Waals surface area contributed by atoms with Gasteiger partial charge in [0.05, 0.1) is 17.9 Å². The lowest BCUT2D eigenvalue weighted by molar-refractivity contribution is -0.130. The van der Waals surface area contributed by atoms with Crippen LogP contribution in [0.2, 0.25) is 0 Å². The molecular weight excluding hydrogens is 671 g/mol. The predicted octanol–water partition coefficient (Wildman–Crippen LogP) is 11.9. The number of carbonyl (C=O) groups is 1. The number of unbranched alkanes of at least 4 members (excludes halogenated alkanes) is 26. The van der Waals surface area contributed by atoms with Crippen molar-refractivity contribution in [3.8, 4) is 0 Å². The van der Waals surface area contributed by atoms with Gasteiger partial charge >= 0.3 is 0 Å². The smallest absolute Gasteiger partial charge is 0.267 e. The molecule has 0 bridgehead atoms. The van der Waals surface area contributed by atoms with E-state index >= 15 is 0 Å². The summed E-state index contributed by atoms with van der Waals surface area (Å²) in [4.78, 5) is 12.6. The lowest BCUT2D eigenvalue weighted by atomic mass is 10.0. The molecule has 306 valence electrons. The summed E-state index contributed by atoms with van der Waals surface area (Å²) in [5, 5.41) is 23.4. The average Bonchev–Trinajstić information content (AvgIpc) is 3.11. The molecule has 0 heterocycles. The van der Waals surface area contributed by atoms with E-state index in [-0.39, 0.29) is 6.42 Å². The van der Waals surface area contributed by atoms with Crippen LogP contribution < -0.4 is 5.32 Å². The van der Waals surface area contributed by atoms with Crippen LogP contribution in [0.1, 0.15) is 213 Å². The van der Waals surface area contributed by atoms with Gasteiger partial charge in [-0.3, -0.25) is 9.35 Å². The third-order valence-electron chi connectivity index (χ3n) is 9.90. The van der Waals surface area contributed by atoms with Crippen LogP contribution in [-0.4, -0.2) is 53.1 Å². The van der Waals surface area contributed by atoms with Gasteiger partial charge in [-0.15, -0.1) is 0 Å². The van der Waals surface area contributed by atoms with E-state index in [9.17, 15) is 28.0 Å². The number of hydrogen-bond acceptors (Lipinski definition) is 5. The highest BCUT2D eigenvalue weighted by molar-refractivity contribution is 7.85. The van der Waals surface area contributed by atoms with E-state index in [0.29, 0.717) is 12.8 Å². The Kier molecular flexibility index (Phi) is 36.7. The molecule has 0 aromatic carbocycles.